The summed E-state index contributed by atoms with van der Waals surface area (Å²) in [6, 6.07) is 69.1. The van der Waals surface area contributed by atoms with Gasteiger partial charge in [-0.3, -0.25) is 4.98 Å². The first-order valence-electron chi connectivity index (χ1n) is 19.0. The summed E-state index contributed by atoms with van der Waals surface area (Å²) in [6.45, 7) is 0. The Labute approximate surface area is 324 Å². The van der Waals surface area contributed by atoms with Gasteiger partial charge in [-0.05, 0) is 89.6 Å². The second kappa shape index (κ2) is 13.1. The highest BCUT2D eigenvalue weighted by Crippen LogP contribution is 2.43. The highest BCUT2D eigenvalue weighted by atomic mass is 14.9. The van der Waals surface area contributed by atoms with Gasteiger partial charge < -0.3 is 0 Å². The Hall–Kier alpha value is -7.49. The number of hydrogen-bond donors (Lipinski definition) is 0. The summed E-state index contributed by atoms with van der Waals surface area (Å²) in [5, 5.41) is 11.3. The molecule has 0 fully saturated rings. The molecule has 11 rings (SSSR count). The maximum atomic E-state index is 5.19. The smallest absolute Gasteiger partial charge is 0.160 e. The van der Waals surface area contributed by atoms with Gasteiger partial charge in [-0.2, -0.15) is 0 Å². The first kappa shape index (κ1) is 32.0. The van der Waals surface area contributed by atoms with Crippen LogP contribution in [0.15, 0.2) is 200 Å². The molecule has 0 aliphatic heterocycles. The van der Waals surface area contributed by atoms with Crippen LogP contribution in [0.4, 0.5) is 0 Å². The molecule has 2 aromatic heterocycles. The fraction of sp³-hybridized carbons (Fsp3) is 0. The van der Waals surface area contributed by atoms with E-state index in [0.717, 1.165) is 55.7 Å². The summed E-state index contributed by atoms with van der Waals surface area (Å²) in [6.07, 6.45) is 1.88. The van der Waals surface area contributed by atoms with Crippen molar-refractivity contribution in [1.82, 2.24) is 15.0 Å². The molecule has 9 aromatic carbocycles. The lowest BCUT2D eigenvalue weighted by Crippen LogP contribution is -1.96. The fourth-order valence-electron chi connectivity index (χ4n) is 8.45. The highest BCUT2D eigenvalue weighted by Gasteiger charge is 2.16. The molecule has 0 aliphatic carbocycles. The maximum Gasteiger partial charge on any atom is 0.160 e. The number of fused-ring (bicyclic) bond motifs is 9. The molecule has 56 heavy (non-hydrogen) atoms. The SMILES string of the molecule is c1ccc(-c2cc(-c3ccc(-c4ccnc5ccccc45)cc3)nc(-c3ccc(-c4cc5c6ccccc6c6ccccc6c5c5ccccc45)cc3)n2)cc1. The fourth-order valence-corrected chi connectivity index (χ4v) is 8.45. The van der Waals surface area contributed by atoms with Crippen molar-refractivity contribution >= 4 is 54.0 Å². The van der Waals surface area contributed by atoms with Gasteiger partial charge in [0.05, 0.1) is 16.9 Å². The Morgan fingerprint density at radius 3 is 1.43 bits per heavy atom. The van der Waals surface area contributed by atoms with E-state index in [2.05, 4.69) is 187 Å². The van der Waals surface area contributed by atoms with Crippen LogP contribution in [0.1, 0.15) is 0 Å². The topological polar surface area (TPSA) is 38.7 Å². The van der Waals surface area contributed by atoms with E-state index in [0.29, 0.717) is 5.82 Å². The van der Waals surface area contributed by atoms with Crippen molar-refractivity contribution in [3.05, 3.63) is 200 Å². The molecule has 0 saturated heterocycles. The lowest BCUT2D eigenvalue weighted by Gasteiger charge is -2.16. The van der Waals surface area contributed by atoms with Crippen LogP contribution in [0.25, 0.3) is 110 Å². The van der Waals surface area contributed by atoms with Crippen LogP contribution in [0, 0.1) is 0 Å². The minimum atomic E-state index is 0.693. The molecule has 0 spiro atoms. The second-order valence-corrected chi connectivity index (χ2v) is 14.3. The van der Waals surface area contributed by atoms with E-state index in [4.69, 9.17) is 9.97 Å². The first-order chi connectivity index (χ1) is 27.8. The molecule has 11 aromatic rings. The van der Waals surface area contributed by atoms with Gasteiger partial charge in [-0.25, -0.2) is 9.97 Å². The summed E-state index contributed by atoms with van der Waals surface area (Å²) in [4.78, 5) is 14.9. The minimum absolute atomic E-state index is 0.693. The largest absolute Gasteiger partial charge is 0.256 e. The molecule has 3 heteroatoms. The van der Waals surface area contributed by atoms with E-state index in [-0.39, 0.29) is 0 Å². The third kappa shape index (κ3) is 5.32. The summed E-state index contributed by atoms with van der Waals surface area (Å²) >= 11 is 0. The molecule has 3 nitrogen and oxygen atoms in total. The van der Waals surface area contributed by atoms with Crippen molar-refractivity contribution in [3.8, 4) is 56.2 Å². The van der Waals surface area contributed by atoms with Crippen molar-refractivity contribution in [2.24, 2.45) is 0 Å². The van der Waals surface area contributed by atoms with Crippen LogP contribution in [-0.4, -0.2) is 15.0 Å². The minimum Gasteiger partial charge on any atom is -0.256 e. The van der Waals surface area contributed by atoms with Crippen LogP contribution in [0.2, 0.25) is 0 Å². The molecule has 0 bridgehead atoms. The van der Waals surface area contributed by atoms with Crippen molar-refractivity contribution in [2.45, 2.75) is 0 Å². The van der Waals surface area contributed by atoms with Gasteiger partial charge in [0, 0.05) is 28.3 Å². The lowest BCUT2D eigenvalue weighted by molar-refractivity contribution is 1.18. The zero-order chi connectivity index (χ0) is 37.0. The molecule has 0 unspecified atom stereocenters. The van der Waals surface area contributed by atoms with Gasteiger partial charge in [-0.15, -0.1) is 0 Å². The molecular formula is C53H33N3. The number of benzene rings is 9. The molecule has 260 valence electrons. The van der Waals surface area contributed by atoms with Crippen LogP contribution in [0.5, 0.6) is 0 Å². The number of hydrogen-bond acceptors (Lipinski definition) is 3. The van der Waals surface area contributed by atoms with Gasteiger partial charge in [0.15, 0.2) is 5.82 Å². The van der Waals surface area contributed by atoms with Crippen LogP contribution in [-0.2, 0) is 0 Å². The van der Waals surface area contributed by atoms with Crippen LogP contribution < -0.4 is 0 Å². The Bertz CT molecular complexity index is 3270. The molecule has 2 heterocycles. The number of pyridine rings is 1. The van der Waals surface area contributed by atoms with E-state index in [9.17, 15) is 0 Å². The molecule has 0 aliphatic rings. The van der Waals surface area contributed by atoms with Gasteiger partial charge >= 0.3 is 0 Å². The third-order valence-electron chi connectivity index (χ3n) is 11.1. The summed E-state index contributed by atoms with van der Waals surface area (Å²) < 4.78 is 0. The number of aromatic nitrogens is 3. The lowest BCUT2D eigenvalue weighted by atomic mass is 9.87. The average Bonchev–Trinajstić information content (AvgIpc) is 3.29. The van der Waals surface area contributed by atoms with E-state index >= 15 is 0 Å². The van der Waals surface area contributed by atoms with Crippen LogP contribution in [0.3, 0.4) is 0 Å². The molecule has 0 amide bonds. The van der Waals surface area contributed by atoms with Crippen molar-refractivity contribution in [1.29, 1.82) is 0 Å². The van der Waals surface area contributed by atoms with E-state index in [1.807, 2.05) is 18.3 Å². The van der Waals surface area contributed by atoms with Gasteiger partial charge in [0.1, 0.15) is 0 Å². The van der Waals surface area contributed by atoms with Gasteiger partial charge in [0.2, 0.25) is 0 Å². The maximum absolute atomic E-state index is 5.19. The third-order valence-corrected chi connectivity index (χ3v) is 11.1. The number of nitrogens with zero attached hydrogens (tertiary/aromatic N) is 3. The summed E-state index contributed by atoms with van der Waals surface area (Å²) in [5.41, 5.74) is 10.5. The predicted octanol–water partition coefficient (Wildman–Crippen LogP) is 14.0. The van der Waals surface area contributed by atoms with Crippen LogP contribution >= 0.6 is 0 Å². The van der Waals surface area contributed by atoms with Crippen molar-refractivity contribution < 1.29 is 0 Å². The number of para-hydroxylation sites is 1. The van der Waals surface area contributed by atoms with E-state index in [1.54, 1.807) is 0 Å². The van der Waals surface area contributed by atoms with Gasteiger partial charge in [0.25, 0.3) is 0 Å². The molecule has 0 atom stereocenters. The molecule has 0 radical (unpaired) electrons. The molecular weight excluding hydrogens is 679 g/mol. The standard InChI is InChI=1S/C53H33N3/c1-2-12-36(13-3-1)50-33-51(37-26-22-34(23-27-37)39-30-31-54-49-21-11-10-18-44(39)49)56-53(55-50)38-28-24-35(25-29-38)47-32-48-42-16-5-4-14-40(42)41-15-6-8-19-45(41)52(48)46-20-9-7-17-43(46)47/h1-33H. The quantitative estimate of drug-likeness (QED) is 0.167. The Kier molecular flexibility index (Phi) is 7.49. The average molecular weight is 712 g/mol. The summed E-state index contributed by atoms with van der Waals surface area (Å²) in [7, 11) is 0. The zero-order valence-corrected chi connectivity index (χ0v) is 30.4. The highest BCUT2D eigenvalue weighted by molar-refractivity contribution is 6.33. The van der Waals surface area contributed by atoms with Gasteiger partial charge in [-0.1, -0.05) is 170 Å². The Balaban J connectivity index is 1.03. The number of rotatable bonds is 5. The summed E-state index contributed by atoms with van der Waals surface area (Å²) in [5.74, 6) is 0.693. The zero-order valence-electron chi connectivity index (χ0n) is 30.4. The first-order valence-corrected chi connectivity index (χ1v) is 19.0. The Morgan fingerprint density at radius 1 is 0.286 bits per heavy atom. The van der Waals surface area contributed by atoms with Crippen molar-refractivity contribution in [3.63, 3.8) is 0 Å². The Morgan fingerprint density at radius 2 is 0.750 bits per heavy atom. The van der Waals surface area contributed by atoms with E-state index in [1.165, 1.54) is 48.7 Å². The normalized spacial score (nSPS) is 11.6. The predicted molar refractivity (Wildman–Crippen MR) is 235 cm³/mol. The monoisotopic (exact) mass is 711 g/mol. The van der Waals surface area contributed by atoms with E-state index < -0.39 is 0 Å². The van der Waals surface area contributed by atoms with Crippen molar-refractivity contribution in [2.75, 3.05) is 0 Å². The second-order valence-electron chi connectivity index (χ2n) is 14.3. The molecule has 0 N–H and O–H groups in total. The molecule has 0 saturated carbocycles.